The van der Waals surface area contributed by atoms with Gasteiger partial charge in [-0.25, -0.2) is 4.79 Å². The van der Waals surface area contributed by atoms with E-state index in [1.54, 1.807) is 6.92 Å². The van der Waals surface area contributed by atoms with Crippen molar-refractivity contribution in [3.05, 3.63) is 69.3 Å². The normalized spacial score (nSPS) is 9.96. The van der Waals surface area contributed by atoms with Crippen LogP contribution in [-0.4, -0.2) is 34.4 Å². The van der Waals surface area contributed by atoms with Crippen LogP contribution in [0.25, 0.3) is 0 Å². The van der Waals surface area contributed by atoms with Gasteiger partial charge >= 0.3 is 5.97 Å². The number of nitrogens with one attached hydrogen (secondary N) is 2. The number of esters is 1. The third-order valence-electron chi connectivity index (χ3n) is 3.34. The first kappa shape index (κ1) is 19.4. The second-order valence-electron chi connectivity index (χ2n) is 5.17. The highest BCUT2D eigenvalue weighted by molar-refractivity contribution is 6.02. The first-order valence-electron chi connectivity index (χ1n) is 7.68. The summed E-state index contributed by atoms with van der Waals surface area (Å²) in [5.74, 6) is -2.80. The van der Waals surface area contributed by atoms with Gasteiger partial charge in [0, 0.05) is 17.7 Å². The summed E-state index contributed by atoms with van der Waals surface area (Å²) in [4.78, 5) is 46.2. The van der Waals surface area contributed by atoms with Gasteiger partial charge in [0.1, 0.15) is 5.75 Å². The van der Waals surface area contributed by atoms with E-state index in [-0.39, 0.29) is 29.0 Å². The van der Waals surface area contributed by atoms with Crippen molar-refractivity contribution in [2.45, 2.75) is 6.92 Å². The lowest BCUT2D eigenvalue weighted by atomic mass is 10.1. The lowest BCUT2D eigenvalue weighted by molar-refractivity contribution is -0.384. The van der Waals surface area contributed by atoms with Gasteiger partial charge in [0.25, 0.3) is 17.5 Å². The van der Waals surface area contributed by atoms with E-state index in [0.717, 1.165) is 18.2 Å². The Balaban J connectivity index is 2.20. The number of non-ortho nitro benzene ring substituents is 1. The number of carbonyl (C=O) groups excluding carboxylic acids is 3. The number of benzene rings is 2. The number of rotatable bonds is 5. The van der Waals surface area contributed by atoms with Crippen molar-refractivity contribution in [1.82, 2.24) is 10.9 Å². The summed E-state index contributed by atoms with van der Waals surface area (Å²) in [5, 5.41) is 20.6. The predicted molar refractivity (Wildman–Crippen MR) is 92.1 cm³/mol. The van der Waals surface area contributed by atoms with Crippen molar-refractivity contribution < 1.29 is 29.2 Å². The van der Waals surface area contributed by atoms with Gasteiger partial charge < -0.3 is 9.84 Å². The largest absolute Gasteiger partial charge is 0.507 e. The number of phenols is 1. The molecule has 0 heterocycles. The van der Waals surface area contributed by atoms with E-state index in [4.69, 9.17) is 4.74 Å². The molecule has 0 unspecified atom stereocenters. The first-order chi connectivity index (χ1) is 12.8. The number of amides is 2. The number of phenolic OH excluding ortho intramolecular Hbond substituents is 1. The Morgan fingerprint density at radius 3 is 2.33 bits per heavy atom. The molecule has 0 saturated heterocycles. The predicted octanol–water partition coefficient (Wildman–Crippen LogP) is 1.55. The molecule has 0 saturated carbocycles. The number of hydrogen-bond acceptors (Lipinski definition) is 7. The van der Waals surface area contributed by atoms with Crippen LogP contribution in [0, 0.1) is 10.1 Å². The molecular weight excluding hydrogens is 358 g/mol. The molecule has 0 bridgehead atoms. The van der Waals surface area contributed by atoms with Crippen LogP contribution >= 0.6 is 0 Å². The molecular formula is C17H15N3O7. The molecule has 0 fully saturated rings. The van der Waals surface area contributed by atoms with E-state index < -0.39 is 28.4 Å². The van der Waals surface area contributed by atoms with Gasteiger partial charge in [-0.2, -0.15) is 0 Å². The summed E-state index contributed by atoms with van der Waals surface area (Å²) in [6.45, 7) is 1.62. The Morgan fingerprint density at radius 1 is 1.07 bits per heavy atom. The maximum absolute atomic E-state index is 12.2. The fourth-order valence-corrected chi connectivity index (χ4v) is 2.10. The number of nitro benzene ring substituents is 1. The second kappa shape index (κ2) is 8.43. The van der Waals surface area contributed by atoms with Crippen LogP contribution in [0.1, 0.15) is 38.0 Å². The molecule has 10 nitrogen and oxygen atoms in total. The van der Waals surface area contributed by atoms with Crippen molar-refractivity contribution in [2.24, 2.45) is 0 Å². The van der Waals surface area contributed by atoms with Crippen LogP contribution in [0.15, 0.2) is 42.5 Å². The quantitative estimate of drug-likeness (QED) is 0.409. The topological polar surface area (TPSA) is 148 Å². The van der Waals surface area contributed by atoms with Gasteiger partial charge in [0.15, 0.2) is 0 Å². The minimum atomic E-state index is -0.895. The average Bonchev–Trinajstić information content (AvgIpc) is 2.66. The van der Waals surface area contributed by atoms with Gasteiger partial charge in [-0.1, -0.05) is 12.1 Å². The summed E-state index contributed by atoms with van der Waals surface area (Å²) in [5.41, 5.74) is 3.16. The number of nitrogens with zero attached hydrogens (tertiary/aromatic N) is 1. The molecule has 2 rings (SSSR count). The Hall–Kier alpha value is -3.95. The Bertz CT molecular complexity index is 911. The number of nitro groups is 1. The fourth-order valence-electron chi connectivity index (χ4n) is 2.10. The van der Waals surface area contributed by atoms with Gasteiger partial charge in [-0.3, -0.25) is 30.6 Å². The first-order valence-corrected chi connectivity index (χ1v) is 7.68. The standard InChI is InChI=1S/C17H15N3O7/c1-2-27-17(24)11-7-10(8-12(9-11)20(25)26)15(22)18-19-16(23)13-5-3-4-6-14(13)21/h3-9,21H,2H2,1H3,(H,18,22)(H,19,23). The Kier molecular flexibility index (Phi) is 6.05. The van der Waals surface area contributed by atoms with Crippen LogP contribution in [0.3, 0.4) is 0 Å². The SMILES string of the molecule is CCOC(=O)c1cc(C(=O)NNC(=O)c2ccccc2O)cc([N+](=O)[O-])c1. The number of hydrazine groups is 1. The van der Waals surface area contributed by atoms with E-state index in [1.807, 2.05) is 0 Å². The van der Waals surface area contributed by atoms with Gasteiger partial charge in [-0.15, -0.1) is 0 Å². The minimum absolute atomic E-state index is 0.0552. The van der Waals surface area contributed by atoms with E-state index in [1.165, 1.54) is 24.3 Å². The molecule has 0 radical (unpaired) electrons. The molecule has 0 aliphatic carbocycles. The van der Waals surface area contributed by atoms with E-state index in [9.17, 15) is 29.6 Å². The van der Waals surface area contributed by atoms with E-state index in [2.05, 4.69) is 10.9 Å². The number of para-hydroxylation sites is 1. The number of hydrogen-bond donors (Lipinski definition) is 3. The number of ether oxygens (including phenoxy) is 1. The van der Waals surface area contributed by atoms with Crippen molar-refractivity contribution in [3.63, 3.8) is 0 Å². The molecule has 2 aromatic carbocycles. The smallest absolute Gasteiger partial charge is 0.338 e. The van der Waals surface area contributed by atoms with Crippen LogP contribution in [-0.2, 0) is 4.74 Å². The van der Waals surface area contributed by atoms with Gasteiger partial charge in [0.05, 0.1) is 22.7 Å². The Morgan fingerprint density at radius 2 is 1.70 bits per heavy atom. The second-order valence-corrected chi connectivity index (χ2v) is 5.17. The molecule has 0 aliphatic heterocycles. The summed E-state index contributed by atoms with van der Waals surface area (Å²) in [7, 11) is 0. The third kappa shape index (κ3) is 4.78. The lowest BCUT2D eigenvalue weighted by Crippen LogP contribution is -2.41. The third-order valence-corrected chi connectivity index (χ3v) is 3.34. The monoisotopic (exact) mass is 373 g/mol. The molecule has 0 atom stereocenters. The van der Waals surface area contributed by atoms with Gasteiger partial charge in [-0.05, 0) is 25.1 Å². The van der Waals surface area contributed by atoms with Crippen LogP contribution in [0.5, 0.6) is 5.75 Å². The zero-order valence-electron chi connectivity index (χ0n) is 14.1. The molecule has 0 aromatic heterocycles. The molecule has 140 valence electrons. The molecule has 2 amide bonds. The molecule has 0 spiro atoms. The molecule has 2 aromatic rings. The van der Waals surface area contributed by atoms with Crippen molar-refractivity contribution in [2.75, 3.05) is 6.61 Å². The van der Waals surface area contributed by atoms with Crippen LogP contribution < -0.4 is 10.9 Å². The van der Waals surface area contributed by atoms with Gasteiger partial charge in [0.2, 0.25) is 0 Å². The summed E-state index contributed by atoms with van der Waals surface area (Å²) in [6, 6.07) is 8.70. The minimum Gasteiger partial charge on any atom is -0.507 e. The van der Waals surface area contributed by atoms with Crippen molar-refractivity contribution >= 4 is 23.5 Å². The summed E-state index contributed by atoms with van der Waals surface area (Å²) in [6.07, 6.45) is 0. The number of carbonyl (C=O) groups is 3. The summed E-state index contributed by atoms with van der Waals surface area (Å²) >= 11 is 0. The van der Waals surface area contributed by atoms with Crippen LogP contribution in [0.2, 0.25) is 0 Å². The van der Waals surface area contributed by atoms with E-state index in [0.29, 0.717) is 0 Å². The Labute approximate surface area is 152 Å². The average molecular weight is 373 g/mol. The lowest BCUT2D eigenvalue weighted by Gasteiger charge is -2.09. The molecule has 10 heteroatoms. The van der Waals surface area contributed by atoms with Crippen molar-refractivity contribution in [3.8, 4) is 5.75 Å². The molecule has 3 N–H and O–H groups in total. The maximum Gasteiger partial charge on any atom is 0.338 e. The fraction of sp³-hybridized carbons (Fsp3) is 0.118. The highest BCUT2D eigenvalue weighted by Crippen LogP contribution is 2.18. The van der Waals surface area contributed by atoms with Crippen molar-refractivity contribution in [1.29, 1.82) is 0 Å². The van der Waals surface area contributed by atoms with E-state index >= 15 is 0 Å². The highest BCUT2D eigenvalue weighted by Gasteiger charge is 2.19. The zero-order chi connectivity index (χ0) is 20.0. The zero-order valence-corrected chi connectivity index (χ0v) is 14.1. The molecule has 27 heavy (non-hydrogen) atoms. The summed E-state index contributed by atoms with van der Waals surface area (Å²) < 4.78 is 4.78. The number of aromatic hydroxyl groups is 1. The maximum atomic E-state index is 12.2. The highest BCUT2D eigenvalue weighted by atomic mass is 16.6. The molecule has 0 aliphatic rings. The van der Waals surface area contributed by atoms with Crippen LogP contribution in [0.4, 0.5) is 5.69 Å².